The minimum Gasteiger partial charge on any atom is -0.336 e. The summed E-state index contributed by atoms with van der Waals surface area (Å²) in [6.07, 6.45) is 8.40. The first kappa shape index (κ1) is 13.6. The molecule has 2 fully saturated rings. The minimum atomic E-state index is 0.0795. The third-order valence-electron chi connectivity index (χ3n) is 5.19. The summed E-state index contributed by atoms with van der Waals surface area (Å²) in [5.74, 6) is 0.636. The third kappa shape index (κ3) is 2.24. The molecule has 1 aliphatic carbocycles. The Bertz CT molecular complexity index is 492. The van der Waals surface area contributed by atoms with Gasteiger partial charge in [0.25, 0.3) is 5.91 Å². The number of likely N-dealkylation sites (tertiary alicyclic amines) is 1. The van der Waals surface area contributed by atoms with Crippen molar-refractivity contribution in [3.63, 3.8) is 0 Å². The molecule has 1 aromatic heterocycles. The number of imidazole rings is 1. The van der Waals surface area contributed by atoms with Gasteiger partial charge in [-0.25, -0.2) is 4.98 Å². The average Bonchev–Trinajstić information content (AvgIpc) is 2.81. The monoisotopic (exact) mass is 276 g/mol. The highest BCUT2D eigenvalue weighted by Crippen LogP contribution is 2.50. The topological polar surface area (TPSA) is 41.4 Å². The number of nitrogens with zero attached hydrogens (tertiary/aromatic N) is 4. The van der Waals surface area contributed by atoms with Crippen molar-refractivity contribution >= 4 is 5.91 Å². The Kier molecular flexibility index (Phi) is 3.32. The second-order valence-electron chi connectivity index (χ2n) is 6.68. The fraction of sp³-hybridized carbons (Fsp3) is 0.733. The molecule has 1 saturated carbocycles. The molecule has 1 amide bonds. The number of carbonyl (C=O) groups is 1. The van der Waals surface area contributed by atoms with E-state index in [0.717, 1.165) is 32.0 Å². The lowest BCUT2D eigenvalue weighted by molar-refractivity contribution is -0.0234. The maximum Gasteiger partial charge on any atom is 0.289 e. The van der Waals surface area contributed by atoms with Gasteiger partial charge in [-0.05, 0) is 45.2 Å². The molecule has 0 radical (unpaired) electrons. The van der Waals surface area contributed by atoms with Crippen molar-refractivity contribution < 1.29 is 4.79 Å². The largest absolute Gasteiger partial charge is 0.336 e. The Labute approximate surface area is 120 Å². The number of hydrogen-bond donors (Lipinski definition) is 0. The van der Waals surface area contributed by atoms with Gasteiger partial charge in [0.15, 0.2) is 5.82 Å². The van der Waals surface area contributed by atoms with Gasteiger partial charge in [0, 0.05) is 38.6 Å². The van der Waals surface area contributed by atoms with Gasteiger partial charge in [-0.15, -0.1) is 0 Å². The van der Waals surface area contributed by atoms with Crippen LogP contribution in [-0.4, -0.2) is 58.5 Å². The zero-order valence-corrected chi connectivity index (χ0v) is 12.7. The molecule has 110 valence electrons. The SMILES string of the molecule is CN(C)C1CC2(CCN(C(=O)c3nccn3C)CC2)C1. The van der Waals surface area contributed by atoms with Crippen LogP contribution in [0.2, 0.25) is 0 Å². The van der Waals surface area contributed by atoms with Crippen LogP contribution in [0.15, 0.2) is 12.4 Å². The van der Waals surface area contributed by atoms with Gasteiger partial charge in [-0.1, -0.05) is 0 Å². The lowest BCUT2D eigenvalue weighted by Gasteiger charge is -2.54. The van der Waals surface area contributed by atoms with E-state index in [2.05, 4.69) is 24.0 Å². The zero-order valence-electron chi connectivity index (χ0n) is 12.7. The quantitative estimate of drug-likeness (QED) is 0.819. The first-order valence-corrected chi connectivity index (χ1v) is 7.44. The van der Waals surface area contributed by atoms with E-state index in [1.807, 2.05) is 18.1 Å². The second-order valence-corrected chi connectivity index (χ2v) is 6.68. The van der Waals surface area contributed by atoms with E-state index in [-0.39, 0.29) is 5.91 Å². The second kappa shape index (κ2) is 4.88. The first-order chi connectivity index (χ1) is 9.51. The van der Waals surface area contributed by atoms with Gasteiger partial charge in [-0.2, -0.15) is 0 Å². The molecule has 1 spiro atoms. The molecule has 20 heavy (non-hydrogen) atoms. The van der Waals surface area contributed by atoms with Crippen LogP contribution in [0.5, 0.6) is 0 Å². The van der Waals surface area contributed by atoms with Crippen molar-refractivity contribution in [2.24, 2.45) is 12.5 Å². The highest BCUT2D eigenvalue weighted by Gasteiger charge is 2.47. The Balaban J connectivity index is 1.57. The van der Waals surface area contributed by atoms with Gasteiger partial charge < -0.3 is 14.4 Å². The van der Waals surface area contributed by atoms with Crippen LogP contribution in [0.4, 0.5) is 0 Å². The van der Waals surface area contributed by atoms with E-state index >= 15 is 0 Å². The summed E-state index contributed by atoms with van der Waals surface area (Å²) in [4.78, 5) is 20.9. The molecule has 1 aromatic rings. The molecule has 2 heterocycles. The Morgan fingerprint density at radius 3 is 2.50 bits per heavy atom. The van der Waals surface area contributed by atoms with E-state index in [9.17, 15) is 4.79 Å². The molecule has 0 atom stereocenters. The fourth-order valence-electron chi connectivity index (χ4n) is 3.61. The number of amides is 1. The molecule has 1 saturated heterocycles. The zero-order chi connectivity index (χ0) is 14.3. The van der Waals surface area contributed by atoms with E-state index < -0.39 is 0 Å². The number of aryl methyl sites for hydroxylation is 1. The van der Waals surface area contributed by atoms with Crippen LogP contribution in [-0.2, 0) is 7.05 Å². The predicted octanol–water partition coefficient (Wildman–Crippen LogP) is 1.37. The van der Waals surface area contributed by atoms with E-state index in [0.29, 0.717) is 11.2 Å². The van der Waals surface area contributed by atoms with Crippen molar-refractivity contribution in [1.82, 2.24) is 19.4 Å². The fourth-order valence-corrected chi connectivity index (χ4v) is 3.61. The van der Waals surface area contributed by atoms with E-state index in [1.54, 1.807) is 10.8 Å². The summed E-state index contributed by atoms with van der Waals surface area (Å²) in [5, 5.41) is 0. The van der Waals surface area contributed by atoms with Crippen LogP contribution in [0, 0.1) is 5.41 Å². The maximum atomic E-state index is 12.4. The summed E-state index contributed by atoms with van der Waals surface area (Å²) in [7, 11) is 6.20. The van der Waals surface area contributed by atoms with Crippen LogP contribution < -0.4 is 0 Å². The highest BCUT2D eigenvalue weighted by molar-refractivity contribution is 5.90. The van der Waals surface area contributed by atoms with Crippen LogP contribution >= 0.6 is 0 Å². The van der Waals surface area contributed by atoms with Gasteiger partial charge in [-0.3, -0.25) is 4.79 Å². The molecule has 0 aromatic carbocycles. The molecule has 0 unspecified atom stereocenters. The van der Waals surface area contributed by atoms with Crippen LogP contribution in [0.1, 0.15) is 36.3 Å². The molecule has 2 aliphatic rings. The molecule has 1 aliphatic heterocycles. The van der Waals surface area contributed by atoms with Crippen molar-refractivity contribution in [3.05, 3.63) is 18.2 Å². The van der Waals surface area contributed by atoms with Gasteiger partial charge in [0.05, 0.1) is 0 Å². The summed E-state index contributed by atoms with van der Waals surface area (Å²) < 4.78 is 1.80. The lowest BCUT2D eigenvalue weighted by atomic mass is 9.60. The van der Waals surface area contributed by atoms with E-state index in [4.69, 9.17) is 0 Å². The maximum absolute atomic E-state index is 12.4. The van der Waals surface area contributed by atoms with Crippen molar-refractivity contribution in [1.29, 1.82) is 0 Å². The summed E-state index contributed by atoms with van der Waals surface area (Å²) in [6.45, 7) is 1.76. The third-order valence-corrected chi connectivity index (χ3v) is 5.19. The van der Waals surface area contributed by atoms with Crippen molar-refractivity contribution in [3.8, 4) is 0 Å². The number of aromatic nitrogens is 2. The first-order valence-electron chi connectivity index (χ1n) is 7.44. The smallest absolute Gasteiger partial charge is 0.289 e. The Hall–Kier alpha value is -1.36. The van der Waals surface area contributed by atoms with Crippen molar-refractivity contribution in [2.45, 2.75) is 31.7 Å². The van der Waals surface area contributed by atoms with Gasteiger partial charge >= 0.3 is 0 Å². The standard InChI is InChI=1S/C15H24N4O/c1-17(2)12-10-15(11-12)4-7-19(8-5-15)14(20)13-16-6-9-18(13)3/h6,9,12H,4-5,7-8,10-11H2,1-3H3. The molecule has 3 rings (SSSR count). The lowest BCUT2D eigenvalue weighted by Crippen LogP contribution is -2.54. The molecule has 5 nitrogen and oxygen atoms in total. The number of carbonyl (C=O) groups excluding carboxylic acids is 1. The van der Waals surface area contributed by atoms with Gasteiger partial charge in [0.1, 0.15) is 0 Å². The summed E-state index contributed by atoms with van der Waals surface area (Å²) >= 11 is 0. The Morgan fingerprint density at radius 2 is 2.00 bits per heavy atom. The average molecular weight is 276 g/mol. The molecule has 0 bridgehead atoms. The Morgan fingerprint density at radius 1 is 1.35 bits per heavy atom. The number of hydrogen-bond acceptors (Lipinski definition) is 3. The minimum absolute atomic E-state index is 0.0795. The van der Waals surface area contributed by atoms with Crippen LogP contribution in [0.3, 0.4) is 0 Å². The predicted molar refractivity (Wildman–Crippen MR) is 77.5 cm³/mol. The summed E-state index contributed by atoms with van der Waals surface area (Å²) in [6, 6.07) is 0.742. The number of rotatable bonds is 2. The normalized spacial score (nSPS) is 22.3. The number of piperidine rings is 1. The molecule has 0 N–H and O–H groups in total. The van der Waals surface area contributed by atoms with Gasteiger partial charge in [0.2, 0.25) is 0 Å². The van der Waals surface area contributed by atoms with Crippen molar-refractivity contribution in [2.75, 3.05) is 27.2 Å². The molecule has 5 heteroatoms. The molecular weight excluding hydrogens is 252 g/mol. The molecular formula is C15H24N4O. The highest BCUT2D eigenvalue weighted by atomic mass is 16.2. The summed E-state index contributed by atoms with van der Waals surface area (Å²) in [5.41, 5.74) is 0.507. The van der Waals surface area contributed by atoms with Crippen LogP contribution in [0.25, 0.3) is 0 Å². The van der Waals surface area contributed by atoms with E-state index in [1.165, 1.54) is 12.8 Å².